The highest BCUT2D eigenvalue weighted by atomic mass is 16.5. The van der Waals surface area contributed by atoms with Crippen molar-refractivity contribution in [3.8, 4) is 0 Å². The lowest BCUT2D eigenvalue weighted by atomic mass is 9.94. The van der Waals surface area contributed by atoms with Crippen LogP contribution in [0.2, 0.25) is 0 Å². The summed E-state index contributed by atoms with van der Waals surface area (Å²) in [7, 11) is 0. The Morgan fingerprint density at radius 3 is 2.56 bits per heavy atom. The van der Waals surface area contributed by atoms with Gasteiger partial charge in [-0.1, -0.05) is 19.3 Å². The summed E-state index contributed by atoms with van der Waals surface area (Å²) >= 11 is 0. The largest absolute Gasteiger partial charge is 0.378 e. The van der Waals surface area contributed by atoms with Gasteiger partial charge in [0, 0.05) is 24.8 Å². The van der Waals surface area contributed by atoms with Crippen molar-refractivity contribution >= 4 is 17.7 Å². The summed E-state index contributed by atoms with van der Waals surface area (Å²) in [6, 6.07) is 4.82. The molecule has 6 heteroatoms. The smallest absolute Gasteiger partial charge is 0.261 e. The summed E-state index contributed by atoms with van der Waals surface area (Å²) in [4.78, 5) is 39.4. The predicted octanol–water partition coefficient (Wildman–Crippen LogP) is 2.91. The van der Waals surface area contributed by atoms with Gasteiger partial charge in [-0.2, -0.15) is 0 Å². The monoisotopic (exact) mass is 370 g/mol. The number of fused-ring (bicyclic) bond motifs is 1. The number of ether oxygens (including phenoxy) is 1. The fourth-order valence-electron chi connectivity index (χ4n) is 4.39. The van der Waals surface area contributed by atoms with Crippen LogP contribution in [0.15, 0.2) is 18.2 Å². The molecule has 1 aromatic carbocycles. The van der Waals surface area contributed by atoms with Crippen LogP contribution in [0.3, 0.4) is 0 Å². The fraction of sp³-hybridized carbons (Fsp3) is 0.571. The molecule has 27 heavy (non-hydrogen) atoms. The van der Waals surface area contributed by atoms with Gasteiger partial charge in [0.25, 0.3) is 17.7 Å². The number of hydrogen-bond acceptors (Lipinski definition) is 4. The first kappa shape index (κ1) is 18.2. The van der Waals surface area contributed by atoms with Crippen molar-refractivity contribution in [2.24, 2.45) is 0 Å². The quantitative estimate of drug-likeness (QED) is 0.809. The van der Waals surface area contributed by atoms with E-state index in [0.29, 0.717) is 23.2 Å². The van der Waals surface area contributed by atoms with Gasteiger partial charge in [-0.15, -0.1) is 0 Å². The fourth-order valence-corrected chi connectivity index (χ4v) is 4.39. The third-order valence-electron chi connectivity index (χ3n) is 5.90. The van der Waals surface area contributed by atoms with Crippen molar-refractivity contribution in [2.45, 2.75) is 63.5 Å². The van der Waals surface area contributed by atoms with Crippen molar-refractivity contribution in [3.05, 3.63) is 34.9 Å². The first-order valence-electron chi connectivity index (χ1n) is 10.1. The minimum atomic E-state index is -0.254. The Morgan fingerprint density at radius 1 is 1.04 bits per heavy atom. The zero-order chi connectivity index (χ0) is 18.8. The van der Waals surface area contributed by atoms with Gasteiger partial charge in [0.05, 0.1) is 17.2 Å². The molecule has 1 aromatic rings. The zero-order valence-electron chi connectivity index (χ0n) is 15.5. The van der Waals surface area contributed by atoms with E-state index in [1.165, 1.54) is 4.90 Å². The van der Waals surface area contributed by atoms with Crippen LogP contribution >= 0.6 is 0 Å². The number of rotatable bonds is 5. The number of hydrogen-bond donors (Lipinski definition) is 1. The van der Waals surface area contributed by atoms with Crippen LogP contribution in [-0.4, -0.2) is 47.9 Å². The van der Waals surface area contributed by atoms with Gasteiger partial charge >= 0.3 is 0 Å². The van der Waals surface area contributed by atoms with Crippen LogP contribution < -0.4 is 5.32 Å². The molecule has 4 rings (SSSR count). The van der Waals surface area contributed by atoms with Crippen LogP contribution in [0.4, 0.5) is 0 Å². The molecule has 1 saturated heterocycles. The lowest BCUT2D eigenvalue weighted by Gasteiger charge is -2.29. The van der Waals surface area contributed by atoms with Crippen LogP contribution in [0.1, 0.15) is 82.4 Å². The second-order valence-corrected chi connectivity index (χ2v) is 7.71. The third kappa shape index (κ3) is 3.63. The minimum absolute atomic E-state index is 0.00478. The normalized spacial score (nSPS) is 23.0. The summed E-state index contributed by atoms with van der Waals surface area (Å²) in [6.07, 6.45) is 8.17. The maximum Gasteiger partial charge on any atom is 0.261 e. The van der Waals surface area contributed by atoms with E-state index in [4.69, 9.17) is 4.74 Å². The summed E-state index contributed by atoms with van der Waals surface area (Å²) in [5.41, 5.74) is 1.20. The lowest BCUT2D eigenvalue weighted by Crippen LogP contribution is -2.40. The molecule has 0 unspecified atom stereocenters. The lowest BCUT2D eigenvalue weighted by molar-refractivity contribution is 0.0548. The Morgan fingerprint density at radius 2 is 1.81 bits per heavy atom. The predicted molar refractivity (Wildman–Crippen MR) is 99.7 cm³/mol. The van der Waals surface area contributed by atoms with Gasteiger partial charge in [-0.3, -0.25) is 19.3 Å². The highest BCUT2D eigenvalue weighted by Gasteiger charge is 2.40. The number of carbonyl (C=O) groups is 3. The first-order valence-corrected chi connectivity index (χ1v) is 10.1. The van der Waals surface area contributed by atoms with Crippen LogP contribution in [0.25, 0.3) is 0 Å². The highest BCUT2D eigenvalue weighted by molar-refractivity contribution is 6.22. The van der Waals surface area contributed by atoms with Crippen molar-refractivity contribution in [1.29, 1.82) is 0 Å². The Labute approximate surface area is 159 Å². The van der Waals surface area contributed by atoms with Gasteiger partial charge in [0.15, 0.2) is 0 Å². The molecular formula is C21H26N2O4. The molecule has 3 aliphatic rings. The standard InChI is InChI=1S/C21H26N2O4/c24-19(22-11-10-16-7-4-12-27-16)14-8-9-17-18(13-14)21(26)23(20(17)25)15-5-2-1-3-6-15/h8-9,13,15-16H,1-7,10-12H2,(H,22,24)/t16-/m1/s1. The van der Waals surface area contributed by atoms with Crippen LogP contribution in [0, 0.1) is 0 Å². The van der Waals surface area contributed by atoms with E-state index < -0.39 is 0 Å². The van der Waals surface area contributed by atoms with Gasteiger partial charge in [-0.05, 0) is 50.3 Å². The zero-order valence-corrected chi connectivity index (χ0v) is 15.5. The maximum atomic E-state index is 12.8. The Balaban J connectivity index is 1.43. The van der Waals surface area contributed by atoms with Crippen molar-refractivity contribution in [3.63, 3.8) is 0 Å². The average Bonchev–Trinajstić information content (AvgIpc) is 3.29. The molecule has 1 N–H and O–H groups in total. The average molecular weight is 370 g/mol. The summed E-state index contributed by atoms with van der Waals surface area (Å²) in [6.45, 7) is 1.35. The van der Waals surface area contributed by atoms with E-state index in [1.54, 1.807) is 18.2 Å². The van der Waals surface area contributed by atoms with Gasteiger partial charge in [-0.25, -0.2) is 0 Å². The van der Waals surface area contributed by atoms with E-state index >= 15 is 0 Å². The Kier molecular flexibility index (Phi) is 5.25. The molecule has 0 spiro atoms. The molecule has 1 saturated carbocycles. The minimum Gasteiger partial charge on any atom is -0.378 e. The van der Waals surface area contributed by atoms with Crippen LogP contribution in [0.5, 0.6) is 0 Å². The molecule has 1 aliphatic carbocycles. The number of nitrogens with zero attached hydrogens (tertiary/aromatic N) is 1. The number of imide groups is 1. The summed E-state index contributed by atoms with van der Waals surface area (Å²) in [5.74, 6) is -0.685. The summed E-state index contributed by atoms with van der Waals surface area (Å²) < 4.78 is 5.56. The van der Waals surface area contributed by atoms with Gasteiger partial charge in [0.1, 0.15) is 0 Å². The topological polar surface area (TPSA) is 75.7 Å². The van der Waals surface area contributed by atoms with Crippen molar-refractivity contribution in [1.82, 2.24) is 10.2 Å². The van der Waals surface area contributed by atoms with Gasteiger partial charge < -0.3 is 10.1 Å². The number of amides is 3. The number of benzene rings is 1. The molecule has 144 valence electrons. The second-order valence-electron chi connectivity index (χ2n) is 7.71. The van der Waals surface area contributed by atoms with E-state index in [0.717, 1.165) is 58.0 Å². The molecule has 0 aromatic heterocycles. The van der Waals surface area contributed by atoms with Gasteiger partial charge in [0.2, 0.25) is 0 Å². The molecule has 6 nitrogen and oxygen atoms in total. The summed E-state index contributed by atoms with van der Waals surface area (Å²) in [5, 5.41) is 2.89. The molecule has 0 radical (unpaired) electrons. The molecule has 2 fully saturated rings. The molecule has 2 heterocycles. The molecule has 3 amide bonds. The second kappa shape index (κ2) is 7.80. The highest BCUT2D eigenvalue weighted by Crippen LogP contribution is 2.31. The van der Waals surface area contributed by atoms with E-state index in [2.05, 4.69) is 5.32 Å². The van der Waals surface area contributed by atoms with Crippen LogP contribution in [-0.2, 0) is 4.74 Å². The maximum absolute atomic E-state index is 12.8. The Bertz CT molecular complexity index is 749. The number of carbonyl (C=O) groups excluding carboxylic acids is 3. The van der Waals surface area contributed by atoms with E-state index in [9.17, 15) is 14.4 Å². The van der Waals surface area contributed by atoms with Crippen molar-refractivity contribution < 1.29 is 19.1 Å². The molecular weight excluding hydrogens is 344 g/mol. The molecule has 1 atom stereocenters. The first-order chi connectivity index (χ1) is 13.1. The van der Waals surface area contributed by atoms with Crippen molar-refractivity contribution in [2.75, 3.05) is 13.2 Å². The van der Waals surface area contributed by atoms with E-state index in [-0.39, 0.29) is 29.9 Å². The number of nitrogens with one attached hydrogen (secondary N) is 1. The molecule has 0 bridgehead atoms. The Hall–Kier alpha value is -2.21. The SMILES string of the molecule is O=C(NCC[C@H]1CCCO1)c1ccc2c(c1)C(=O)N(C1CCCCC1)C2=O. The molecule has 2 aliphatic heterocycles. The third-order valence-corrected chi connectivity index (χ3v) is 5.90. The van der Waals surface area contributed by atoms with E-state index in [1.807, 2.05) is 0 Å².